The minimum atomic E-state index is -0.227. The number of aromatic amines is 2. The fraction of sp³-hybridized carbons (Fsp3) is 0.148. The summed E-state index contributed by atoms with van der Waals surface area (Å²) < 4.78 is 13.7. The lowest BCUT2D eigenvalue weighted by molar-refractivity contribution is -0.122. The van der Waals surface area contributed by atoms with Gasteiger partial charge in [-0.15, -0.1) is 11.3 Å². The lowest BCUT2D eigenvalue weighted by Gasteiger charge is -2.24. The maximum Gasteiger partial charge on any atom is 0.227 e. The number of rotatable bonds is 5. The summed E-state index contributed by atoms with van der Waals surface area (Å²) in [6, 6.07) is 11.0. The number of H-pyrrole nitrogens is 2. The number of nitrogens with one attached hydrogen (secondary N) is 3. The fourth-order valence-electron chi connectivity index (χ4n) is 4.68. The number of hydrogen-bond donors (Lipinski definition) is 3. The Morgan fingerprint density at radius 3 is 2.73 bits per heavy atom. The molecule has 0 radical (unpaired) electrons. The molecular weight excluding hydrogens is 489 g/mol. The van der Waals surface area contributed by atoms with Crippen LogP contribution in [0.5, 0.6) is 0 Å². The summed E-state index contributed by atoms with van der Waals surface area (Å²) in [6.45, 7) is 0. The van der Waals surface area contributed by atoms with E-state index in [1.54, 1.807) is 30.9 Å². The van der Waals surface area contributed by atoms with Crippen molar-refractivity contribution in [1.29, 1.82) is 0 Å². The van der Waals surface area contributed by atoms with Crippen LogP contribution in [0.2, 0.25) is 0 Å². The third kappa shape index (κ3) is 3.86. The van der Waals surface area contributed by atoms with Crippen molar-refractivity contribution >= 4 is 45.0 Å². The lowest BCUT2D eigenvalue weighted by Crippen LogP contribution is -2.28. The van der Waals surface area contributed by atoms with Crippen molar-refractivity contribution < 1.29 is 9.18 Å². The van der Waals surface area contributed by atoms with Gasteiger partial charge in [0.15, 0.2) is 10.8 Å². The molecule has 0 unspecified atom stereocenters. The van der Waals surface area contributed by atoms with E-state index in [1.165, 1.54) is 6.07 Å². The van der Waals surface area contributed by atoms with Crippen LogP contribution in [0.4, 0.5) is 10.1 Å². The van der Waals surface area contributed by atoms with E-state index in [-0.39, 0.29) is 17.0 Å². The molecule has 0 aliphatic heterocycles. The minimum absolute atomic E-state index is 0.0491. The summed E-state index contributed by atoms with van der Waals surface area (Å²) >= 11 is 1.10. The van der Waals surface area contributed by atoms with Gasteiger partial charge in [0.25, 0.3) is 0 Å². The van der Waals surface area contributed by atoms with Gasteiger partial charge in [0, 0.05) is 56.8 Å². The second-order valence-electron chi connectivity index (χ2n) is 9.18. The number of carbonyl (C=O) groups excluding carboxylic acids is 1. The second kappa shape index (κ2) is 8.59. The van der Waals surface area contributed by atoms with Crippen molar-refractivity contribution in [3.8, 4) is 33.0 Å². The topological polar surface area (TPSA) is 112 Å². The zero-order valence-electron chi connectivity index (χ0n) is 19.5. The van der Waals surface area contributed by atoms with Crippen molar-refractivity contribution in [1.82, 2.24) is 30.1 Å². The van der Waals surface area contributed by atoms with Crippen molar-refractivity contribution in [2.75, 3.05) is 5.32 Å². The number of hydrogen-bond acceptors (Lipinski definition) is 6. The average Bonchev–Trinajstić information content (AvgIpc) is 3.60. The molecule has 0 saturated heterocycles. The lowest BCUT2D eigenvalue weighted by atomic mass is 9.85. The number of thiophene rings is 1. The highest BCUT2D eigenvalue weighted by atomic mass is 32.1. The molecule has 1 aliphatic carbocycles. The highest BCUT2D eigenvalue weighted by Crippen LogP contribution is 2.36. The summed E-state index contributed by atoms with van der Waals surface area (Å²) in [4.78, 5) is 29.9. The smallest absolute Gasteiger partial charge is 0.227 e. The van der Waals surface area contributed by atoms with Gasteiger partial charge in [-0.25, -0.2) is 9.97 Å². The van der Waals surface area contributed by atoms with Gasteiger partial charge in [0.05, 0.1) is 23.3 Å². The number of amides is 1. The van der Waals surface area contributed by atoms with Crippen molar-refractivity contribution in [2.24, 2.45) is 5.92 Å². The van der Waals surface area contributed by atoms with Gasteiger partial charge in [-0.3, -0.25) is 14.9 Å². The van der Waals surface area contributed by atoms with Gasteiger partial charge in [0.1, 0.15) is 5.65 Å². The molecule has 10 heteroatoms. The van der Waals surface area contributed by atoms with Crippen molar-refractivity contribution in [3.63, 3.8) is 0 Å². The number of carbonyl (C=O) groups is 1. The first-order chi connectivity index (χ1) is 18.1. The summed E-state index contributed by atoms with van der Waals surface area (Å²) in [7, 11) is 0. The number of fused-ring (bicyclic) bond motifs is 2. The van der Waals surface area contributed by atoms with E-state index < -0.39 is 0 Å². The zero-order valence-corrected chi connectivity index (χ0v) is 20.3. The number of aromatic nitrogens is 6. The molecule has 1 amide bonds. The summed E-state index contributed by atoms with van der Waals surface area (Å²) in [5.41, 5.74) is 6.12. The SMILES string of the molecule is O=C(Nc1cncc(-c2cnc3n[nH]c(-c4cc5c(-c6ccc(F)s6)ccnc5[nH]4)c3c2)c1)C1CCC1. The Labute approximate surface area is 214 Å². The van der Waals surface area contributed by atoms with Crippen LogP contribution in [-0.2, 0) is 4.79 Å². The molecule has 6 heterocycles. The van der Waals surface area contributed by atoms with Crippen LogP contribution < -0.4 is 5.32 Å². The maximum absolute atomic E-state index is 13.7. The molecule has 6 aromatic heterocycles. The number of anilines is 1. The van der Waals surface area contributed by atoms with Crippen LogP contribution in [0.25, 0.3) is 55.0 Å². The Balaban J connectivity index is 1.26. The summed E-state index contributed by atoms with van der Waals surface area (Å²) in [6.07, 6.45) is 9.86. The largest absolute Gasteiger partial charge is 0.338 e. The first-order valence-corrected chi connectivity index (χ1v) is 12.8. The Kier molecular flexibility index (Phi) is 5.07. The van der Waals surface area contributed by atoms with Gasteiger partial charge < -0.3 is 10.3 Å². The maximum atomic E-state index is 13.7. The van der Waals surface area contributed by atoms with Crippen LogP contribution in [-0.4, -0.2) is 36.0 Å². The highest BCUT2D eigenvalue weighted by Gasteiger charge is 2.25. The van der Waals surface area contributed by atoms with Gasteiger partial charge in [-0.05, 0) is 49.2 Å². The Morgan fingerprint density at radius 1 is 1.03 bits per heavy atom. The van der Waals surface area contributed by atoms with E-state index in [0.717, 1.165) is 74.3 Å². The van der Waals surface area contributed by atoms with Gasteiger partial charge in [0.2, 0.25) is 5.91 Å². The molecule has 8 nitrogen and oxygen atoms in total. The monoisotopic (exact) mass is 509 g/mol. The number of nitrogens with zero attached hydrogens (tertiary/aromatic N) is 4. The van der Waals surface area contributed by atoms with Crippen LogP contribution in [0, 0.1) is 11.0 Å². The van der Waals surface area contributed by atoms with Gasteiger partial charge in [-0.1, -0.05) is 6.42 Å². The van der Waals surface area contributed by atoms with Gasteiger partial charge in [-0.2, -0.15) is 9.49 Å². The molecule has 0 spiro atoms. The molecule has 1 aliphatic rings. The fourth-order valence-corrected chi connectivity index (χ4v) is 5.45. The van der Waals surface area contributed by atoms with E-state index in [0.29, 0.717) is 17.0 Å². The third-order valence-corrected chi connectivity index (χ3v) is 7.77. The summed E-state index contributed by atoms with van der Waals surface area (Å²) in [5, 5.41) is 12.0. The quantitative estimate of drug-likeness (QED) is 0.257. The normalized spacial score (nSPS) is 13.8. The zero-order chi connectivity index (χ0) is 24.9. The number of pyridine rings is 3. The average molecular weight is 510 g/mol. The van der Waals surface area contributed by atoms with Crippen molar-refractivity contribution in [2.45, 2.75) is 19.3 Å². The van der Waals surface area contributed by atoms with Crippen LogP contribution in [0.3, 0.4) is 0 Å². The minimum Gasteiger partial charge on any atom is -0.338 e. The Morgan fingerprint density at radius 2 is 1.92 bits per heavy atom. The third-order valence-electron chi connectivity index (χ3n) is 6.86. The number of halogens is 1. The van der Waals surface area contributed by atoms with Crippen molar-refractivity contribution in [3.05, 3.63) is 66.3 Å². The Bertz CT molecular complexity index is 1800. The highest BCUT2D eigenvalue weighted by molar-refractivity contribution is 7.14. The molecule has 0 atom stereocenters. The predicted molar refractivity (Wildman–Crippen MR) is 141 cm³/mol. The van der Waals surface area contributed by atoms with Crippen LogP contribution in [0.15, 0.2) is 61.2 Å². The van der Waals surface area contributed by atoms with E-state index in [9.17, 15) is 9.18 Å². The standard InChI is InChI=1S/C27H20FN7OS/c28-23-5-4-22(37-23)18-6-7-30-25-19(18)10-21(33-25)24-20-9-16(12-31-26(20)35-34-24)15-8-17(13-29-11-15)32-27(36)14-2-1-3-14/h4-14H,1-3H2,(H,30,33)(H,32,36)(H,31,34,35). The molecule has 0 aromatic carbocycles. The Hall–Kier alpha value is -4.44. The molecule has 7 rings (SSSR count). The van der Waals surface area contributed by atoms with E-state index in [1.807, 2.05) is 24.3 Å². The van der Waals surface area contributed by atoms with Gasteiger partial charge >= 0.3 is 0 Å². The molecule has 182 valence electrons. The molecule has 0 bridgehead atoms. The first kappa shape index (κ1) is 21.8. The van der Waals surface area contributed by atoms with E-state index >= 15 is 0 Å². The van der Waals surface area contributed by atoms with Crippen LogP contribution >= 0.6 is 11.3 Å². The molecule has 37 heavy (non-hydrogen) atoms. The second-order valence-corrected chi connectivity index (χ2v) is 10.2. The van der Waals surface area contributed by atoms with Crippen LogP contribution in [0.1, 0.15) is 19.3 Å². The van der Waals surface area contributed by atoms with E-state index in [2.05, 4.69) is 35.5 Å². The molecule has 1 fully saturated rings. The summed E-state index contributed by atoms with van der Waals surface area (Å²) in [5.74, 6) is 0.147. The molecule has 3 N–H and O–H groups in total. The molecule has 6 aromatic rings. The van der Waals surface area contributed by atoms with E-state index in [4.69, 9.17) is 0 Å². The first-order valence-electron chi connectivity index (χ1n) is 12.0. The molecular formula is C27H20FN7OS. The predicted octanol–water partition coefficient (Wildman–Crippen LogP) is 6.17. The molecule has 1 saturated carbocycles.